The Morgan fingerprint density at radius 1 is 1.12 bits per heavy atom. The monoisotopic (exact) mass is 450 g/mol. The Morgan fingerprint density at radius 3 is 2.79 bits per heavy atom. The summed E-state index contributed by atoms with van der Waals surface area (Å²) in [5.41, 5.74) is 4.66. The van der Waals surface area contributed by atoms with Crippen LogP contribution < -0.4 is 20.5 Å². The second-order valence-electron chi connectivity index (χ2n) is 7.52. The van der Waals surface area contributed by atoms with E-state index in [1.807, 2.05) is 43.3 Å². The summed E-state index contributed by atoms with van der Waals surface area (Å²) in [5.74, 6) is 1.04. The molecule has 8 nitrogen and oxygen atoms in total. The summed E-state index contributed by atoms with van der Waals surface area (Å²) < 4.78 is 11.5. The van der Waals surface area contributed by atoms with Gasteiger partial charge in [-0.1, -0.05) is 31.9 Å². The Morgan fingerprint density at radius 2 is 1.97 bits per heavy atom. The standard InChI is InChI=1S/C25H30N4O4/c1-3-5-8-15-33-22-13-11-18(16-23(22)32-4-2)17-26-29-24(30)14-12-21-25(31)28-20-10-7-6-9-19(20)27-21/h6-7,9-11,13,16-17H,3-5,8,12,14-15H2,1-2H3,(H,28,31)(H,29,30)/b26-17-. The molecule has 1 amide bonds. The fourth-order valence-electron chi connectivity index (χ4n) is 3.23. The van der Waals surface area contributed by atoms with Crippen LogP contribution in [0.3, 0.4) is 0 Å². The highest BCUT2D eigenvalue weighted by molar-refractivity contribution is 5.83. The zero-order valence-corrected chi connectivity index (χ0v) is 19.1. The number of aromatic amines is 1. The minimum absolute atomic E-state index is 0.0977. The van der Waals surface area contributed by atoms with Crippen LogP contribution in [0, 0.1) is 0 Å². The first-order chi connectivity index (χ1) is 16.1. The maximum absolute atomic E-state index is 12.2. The molecule has 8 heteroatoms. The van der Waals surface area contributed by atoms with Crippen LogP contribution in [-0.2, 0) is 11.2 Å². The SMILES string of the molecule is CCCCCOc1ccc(/C=N\NC(=O)CCc2nc3ccccc3[nH]c2=O)cc1OCC. The molecule has 3 rings (SSSR count). The maximum Gasteiger partial charge on any atom is 0.270 e. The van der Waals surface area contributed by atoms with Gasteiger partial charge in [-0.2, -0.15) is 5.10 Å². The van der Waals surface area contributed by atoms with Gasteiger partial charge in [-0.15, -0.1) is 0 Å². The van der Waals surface area contributed by atoms with Gasteiger partial charge in [0.15, 0.2) is 11.5 Å². The van der Waals surface area contributed by atoms with E-state index >= 15 is 0 Å². The van der Waals surface area contributed by atoms with Gasteiger partial charge in [-0.3, -0.25) is 9.59 Å². The van der Waals surface area contributed by atoms with Gasteiger partial charge in [0.1, 0.15) is 5.69 Å². The van der Waals surface area contributed by atoms with Gasteiger partial charge in [0, 0.05) is 12.8 Å². The third-order valence-corrected chi connectivity index (χ3v) is 4.93. The summed E-state index contributed by atoms with van der Waals surface area (Å²) in [4.78, 5) is 31.5. The highest BCUT2D eigenvalue weighted by Crippen LogP contribution is 2.28. The quantitative estimate of drug-likeness (QED) is 0.247. The van der Waals surface area contributed by atoms with E-state index in [9.17, 15) is 9.59 Å². The minimum atomic E-state index is -0.304. The van der Waals surface area contributed by atoms with Gasteiger partial charge >= 0.3 is 0 Å². The molecular weight excluding hydrogens is 420 g/mol. The Hall–Kier alpha value is -3.68. The average molecular weight is 451 g/mol. The second kappa shape index (κ2) is 12.4. The van der Waals surface area contributed by atoms with Crippen LogP contribution in [0.25, 0.3) is 11.0 Å². The summed E-state index contributed by atoms with van der Waals surface area (Å²) in [7, 11) is 0. The zero-order valence-electron chi connectivity index (χ0n) is 19.1. The normalized spacial score (nSPS) is 11.1. The number of unbranched alkanes of at least 4 members (excludes halogenated alkanes) is 2. The minimum Gasteiger partial charge on any atom is -0.490 e. The molecule has 0 radical (unpaired) electrons. The van der Waals surface area contributed by atoms with E-state index in [-0.39, 0.29) is 24.3 Å². The van der Waals surface area contributed by atoms with Crippen molar-refractivity contribution in [1.29, 1.82) is 0 Å². The Labute approximate surface area is 193 Å². The lowest BCUT2D eigenvalue weighted by molar-refractivity contribution is -0.121. The van der Waals surface area contributed by atoms with Crippen molar-refractivity contribution in [2.24, 2.45) is 5.10 Å². The van der Waals surface area contributed by atoms with Crippen molar-refractivity contribution in [2.75, 3.05) is 13.2 Å². The lowest BCUT2D eigenvalue weighted by Crippen LogP contribution is -2.21. The van der Waals surface area contributed by atoms with Crippen LogP contribution in [0.5, 0.6) is 11.5 Å². The Balaban J connectivity index is 1.54. The number of hydrazone groups is 1. The van der Waals surface area contributed by atoms with Crippen molar-refractivity contribution >= 4 is 23.2 Å². The van der Waals surface area contributed by atoms with Crippen molar-refractivity contribution in [3.63, 3.8) is 0 Å². The topological polar surface area (TPSA) is 106 Å². The number of hydrogen-bond acceptors (Lipinski definition) is 6. The molecule has 0 fully saturated rings. The molecule has 2 aromatic carbocycles. The second-order valence-corrected chi connectivity index (χ2v) is 7.52. The molecule has 0 spiro atoms. The molecule has 33 heavy (non-hydrogen) atoms. The van der Waals surface area contributed by atoms with Crippen LogP contribution in [0.1, 0.15) is 50.8 Å². The maximum atomic E-state index is 12.2. The molecule has 0 saturated carbocycles. The summed E-state index contributed by atoms with van der Waals surface area (Å²) in [6.45, 7) is 5.23. The van der Waals surface area contributed by atoms with Gasteiger partial charge in [0.2, 0.25) is 5.91 Å². The first kappa shape index (κ1) is 24.0. The predicted molar refractivity (Wildman–Crippen MR) is 129 cm³/mol. The van der Waals surface area contributed by atoms with Crippen molar-refractivity contribution in [3.8, 4) is 11.5 Å². The number of fused-ring (bicyclic) bond motifs is 1. The van der Waals surface area contributed by atoms with Crippen LogP contribution >= 0.6 is 0 Å². The van der Waals surface area contributed by atoms with E-state index in [2.05, 4.69) is 27.4 Å². The number of ether oxygens (including phenoxy) is 2. The number of benzene rings is 2. The molecule has 0 bridgehead atoms. The van der Waals surface area contributed by atoms with Crippen molar-refractivity contribution in [3.05, 3.63) is 64.1 Å². The van der Waals surface area contributed by atoms with E-state index in [0.717, 1.165) is 24.8 Å². The van der Waals surface area contributed by atoms with Crippen LogP contribution in [0.2, 0.25) is 0 Å². The first-order valence-corrected chi connectivity index (χ1v) is 11.3. The van der Waals surface area contributed by atoms with Crippen molar-refractivity contribution in [1.82, 2.24) is 15.4 Å². The number of nitrogens with zero attached hydrogens (tertiary/aromatic N) is 2. The summed E-state index contributed by atoms with van der Waals surface area (Å²) >= 11 is 0. The molecule has 2 N–H and O–H groups in total. The number of amides is 1. The third kappa shape index (κ3) is 7.17. The highest BCUT2D eigenvalue weighted by Gasteiger charge is 2.09. The number of rotatable bonds is 12. The van der Waals surface area contributed by atoms with E-state index < -0.39 is 0 Å². The fraction of sp³-hybridized carbons (Fsp3) is 0.360. The van der Waals surface area contributed by atoms with Gasteiger partial charge < -0.3 is 14.5 Å². The molecule has 1 aromatic heterocycles. The smallest absolute Gasteiger partial charge is 0.270 e. The lowest BCUT2D eigenvalue weighted by atomic mass is 10.2. The largest absolute Gasteiger partial charge is 0.490 e. The number of hydrogen-bond donors (Lipinski definition) is 2. The van der Waals surface area contributed by atoms with Gasteiger partial charge in [0.05, 0.1) is 30.5 Å². The molecule has 3 aromatic rings. The van der Waals surface area contributed by atoms with Gasteiger partial charge in [-0.25, -0.2) is 10.4 Å². The molecule has 0 aliphatic heterocycles. The zero-order chi connectivity index (χ0) is 23.5. The van der Waals surface area contributed by atoms with Crippen molar-refractivity contribution in [2.45, 2.75) is 46.0 Å². The van der Waals surface area contributed by atoms with E-state index in [1.165, 1.54) is 0 Å². The number of carbonyl (C=O) groups excluding carboxylic acids is 1. The fourth-order valence-corrected chi connectivity index (χ4v) is 3.23. The number of H-pyrrole nitrogens is 1. The van der Waals surface area contributed by atoms with E-state index in [4.69, 9.17) is 9.47 Å². The lowest BCUT2D eigenvalue weighted by Gasteiger charge is -2.12. The number of aromatic nitrogens is 2. The van der Waals surface area contributed by atoms with Gasteiger partial charge in [-0.05, 0) is 49.2 Å². The first-order valence-electron chi connectivity index (χ1n) is 11.3. The van der Waals surface area contributed by atoms with Crippen LogP contribution in [0.4, 0.5) is 0 Å². The van der Waals surface area contributed by atoms with Crippen LogP contribution in [0.15, 0.2) is 52.4 Å². The molecular formula is C25H30N4O4. The average Bonchev–Trinajstić information content (AvgIpc) is 2.82. The van der Waals surface area contributed by atoms with E-state index in [1.54, 1.807) is 12.3 Å². The summed E-state index contributed by atoms with van der Waals surface area (Å²) in [6, 6.07) is 12.8. The molecule has 0 atom stereocenters. The molecule has 1 heterocycles. The van der Waals surface area contributed by atoms with Crippen LogP contribution in [-0.4, -0.2) is 35.3 Å². The number of para-hydroxylation sites is 2. The van der Waals surface area contributed by atoms with Crippen molar-refractivity contribution < 1.29 is 14.3 Å². The highest BCUT2D eigenvalue weighted by atomic mass is 16.5. The number of aryl methyl sites for hydroxylation is 1. The Kier molecular flexibility index (Phi) is 8.99. The molecule has 0 aliphatic rings. The predicted octanol–water partition coefficient (Wildman–Crippen LogP) is 3.97. The van der Waals surface area contributed by atoms with E-state index in [0.29, 0.717) is 41.4 Å². The number of carbonyl (C=O) groups is 1. The number of nitrogens with one attached hydrogen (secondary N) is 2. The molecule has 0 saturated heterocycles. The molecule has 0 unspecified atom stereocenters. The molecule has 174 valence electrons. The van der Waals surface area contributed by atoms with Gasteiger partial charge in [0.25, 0.3) is 5.56 Å². The summed E-state index contributed by atoms with van der Waals surface area (Å²) in [5, 5.41) is 4.02. The third-order valence-electron chi connectivity index (χ3n) is 4.93. The Bertz CT molecular complexity index is 1160. The summed E-state index contributed by atoms with van der Waals surface area (Å²) in [6.07, 6.45) is 5.12. The molecule has 0 aliphatic carbocycles.